The summed E-state index contributed by atoms with van der Waals surface area (Å²) in [6.07, 6.45) is -0.486. The Labute approximate surface area is 93.6 Å². The van der Waals surface area contributed by atoms with Crippen molar-refractivity contribution in [3.8, 4) is 6.07 Å². The van der Waals surface area contributed by atoms with Crippen LogP contribution in [0.5, 0.6) is 0 Å². The maximum atomic E-state index is 13.1. The maximum absolute atomic E-state index is 13.1. The molecule has 1 rings (SSSR count). The minimum atomic E-state index is -1.40. The molecule has 8 heteroatoms. The van der Waals surface area contributed by atoms with Crippen molar-refractivity contribution in [2.75, 3.05) is 5.32 Å². The SMILES string of the molecule is N#CCC(=O)Nc1cc(F)c([N+](=O)[O-])c(F)c1. The Morgan fingerprint density at radius 3 is 2.41 bits per heavy atom. The topological polar surface area (TPSA) is 96.0 Å². The summed E-state index contributed by atoms with van der Waals surface area (Å²) in [6.45, 7) is 0. The summed E-state index contributed by atoms with van der Waals surface area (Å²) in [5, 5.41) is 20.5. The molecule has 0 saturated carbocycles. The summed E-state index contributed by atoms with van der Waals surface area (Å²) in [7, 11) is 0. The standard InChI is InChI=1S/C9H5F2N3O3/c10-6-3-5(13-8(15)1-2-12)4-7(11)9(6)14(16)17/h3-4H,1H2,(H,13,15). The Balaban J connectivity index is 3.03. The molecule has 0 radical (unpaired) electrons. The van der Waals surface area contributed by atoms with Gasteiger partial charge in [-0.1, -0.05) is 0 Å². The minimum Gasteiger partial charge on any atom is -0.325 e. The van der Waals surface area contributed by atoms with Gasteiger partial charge in [-0.3, -0.25) is 14.9 Å². The predicted molar refractivity (Wildman–Crippen MR) is 51.9 cm³/mol. The Hall–Kier alpha value is -2.56. The average Bonchev–Trinajstić information content (AvgIpc) is 2.15. The zero-order valence-corrected chi connectivity index (χ0v) is 8.24. The molecule has 6 nitrogen and oxygen atoms in total. The number of amides is 1. The van der Waals surface area contributed by atoms with Gasteiger partial charge in [-0.2, -0.15) is 14.0 Å². The van der Waals surface area contributed by atoms with Crippen LogP contribution >= 0.6 is 0 Å². The zero-order chi connectivity index (χ0) is 13.0. The lowest BCUT2D eigenvalue weighted by Crippen LogP contribution is -2.11. The van der Waals surface area contributed by atoms with Crippen LogP contribution in [-0.2, 0) is 4.79 Å². The van der Waals surface area contributed by atoms with Gasteiger partial charge < -0.3 is 5.32 Å². The number of benzene rings is 1. The first-order valence-electron chi connectivity index (χ1n) is 4.26. The second kappa shape index (κ2) is 4.98. The molecule has 0 saturated heterocycles. The molecule has 0 aromatic heterocycles. The minimum absolute atomic E-state index is 0.286. The molecule has 0 aliphatic heterocycles. The van der Waals surface area contributed by atoms with Gasteiger partial charge in [0, 0.05) is 17.8 Å². The second-order valence-electron chi connectivity index (χ2n) is 2.93. The Bertz CT molecular complexity index is 502. The van der Waals surface area contributed by atoms with E-state index >= 15 is 0 Å². The van der Waals surface area contributed by atoms with E-state index in [1.165, 1.54) is 6.07 Å². The number of carbonyl (C=O) groups excluding carboxylic acids is 1. The number of hydrogen-bond donors (Lipinski definition) is 1. The number of nitro benzene ring substituents is 1. The smallest absolute Gasteiger partial charge is 0.325 e. The van der Waals surface area contributed by atoms with Crippen LogP contribution in [0.2, 0.25) is 0 Å². The largest absolute Gasteiger partial charge is 0.340 e. The quantitative estimate of drug-likeness (QED) is 0.643. The molecule has 0 atom stereocenters. The van der Waals surface area contributed by atoms with Gasteiger partial charge in [0.2, 0.25) is 17.5 Å². The highest BCUT2D eigenvalue weighted by Gasteiger charge is 2.22. The summed E-state index contributed by atoms with van der Waals surface area (Å²) >= 11 is 0. The normalized spacial score (nSPS) is 9.47. The van der Waals surface area contributed by atoms with Gasteiger partial charge in [0.1, 0.15) is 6.42 Å². The van der Waals surface area contributed by atoms with Crippen molar-refractivity contribution in [1.29, 1.82) is 5.26 Å². The van der Waals surface area contributed by atoms with E-state index in [0.29, 0.717) is 12.1 Å². The number of nitrogens with zero attached hydrogens (tertiary/aromatic N) is 2. The van der Waals surface area contributed by atoms with Crippen LogP contribution in [0.25, 0.3) is 0 Å². The van der Waals surface area contributed by atoms with Crippen molar-refractivity contribution in [2.24, 2.45) is 0 Å². The lowest BCUT2D eigenvalue weighted by atomic mass is 10.2. The van der Waals surface area contributed by atoms with Crippen LogP contribution in [0, 0.1) is 33.1 Å². The monoisotopic (exact) mass is 241 g/mol. The van der Waals surface area contributed by atoms with Gasteiger partial charge in [-0.25, -0.2) is 0 Å². The van der Waals surface area contributed by atoms with Crippen molar-refractivity contribution in [3.05, 3.63) is 33.9 Å². The first kappa shape index (κ1) is 12.5. The van der Waals surface area contributed by atoms with Crippen LogP contribution in [-0.4, -0.2) is 10.8 Å². The van der Waals surface area contributed by atoms with Crippen molar-refractivity contribution in [2.45, 2.75) is 6.42 Å². The molecule has 1 aromatic rings. The molecule has 0 bridgehead atoms. The van der Waals surface area contributed by atoms with E-state index < -0.39 is 34.6 Å². The summed E-state index contributed by atoms with van der Waals surface area (Å²) in [6, 6.07) is 2.75. The van der Waals surface area contributed by atoms with Gasteiger partial charge in [0.15, 0.2) is 0 Å². The average molecular weight is 241 g/mol. The summed E-state index contributed by atoms with van der Waals surface area (Å²) in [5.41, 5.74) is -1.57. The first-order chi connectivity index (χ1) is 7.95. The molecule has 0 aliphatic rings. The highest BCUT2D eigenvalue weighted by atomic mass is 19.1. The number of carbonyl (C=O) groups is 1. The van der Waals surface area contributed by atoms with E-state index in [-0.39, 0.29) is 5.69 Å². The van der Waals surface area contributed by atoms with E-state index in [1.54, 1.807) is 0 Å². The second-order valence-corrected chi connectivity index (χ2v) is 2.93. The number of halogens is 2. The fraction of sp³-hybridized carbons (Fsp3) is 0.111. The number of nitro groups is 1. The molecule has 1 amide bonds. The molecule has 0 aliphatic carbocycles. The van der Waals surface area contributed by atoms with Crippen LogP contribution in [0.3, 0.4) is 0 Å². The number of nitrogens with one attached hydrogen (secondary N) is 1. The van der Waals surface area contributed by atoms with Gasteiger partial charge in [0.05, 0.1) is 11.0 Å². The van der Waals surface area contributed by atoms with Crippen molar-refractivity contribution in [3.63, 3.8) is 0 Å². The molecule has 1 aromatic carbocycles. The predicted octanol–water partition coefficient (Wildman–Crippen LogP) is 1.73. The van der Waals surface area contributed by atoms with Crippen molar-refractivity contribution in [1.82, 2.24) is 0 Å². The Morgan fingerprint density at radius 2 is 2.00 bits per heavy atom. The van der Waals surface area contributed by atoms with Gasteiger partial charge in [-0.15, -0.1) is 0 Å². The number of anilines is 1. The van der Waals surface area contributed by atoms with E-state index in [0.717, 1.165) is 0 Å². The first-order valence-corrected chi connectivity index (χ1v) is 4.26. The maximum Gasteiger partial charge on any atom is 0.340 e. The summed E-state index contributed by atoms with van der Waals surface area (Å²) < 4.78 is 26.2. The third-order valence-corrected chi connectivity index (χ3v) is 1.72. The highest BCUT2D eigenvalue weighted by molar-refractivity contribution is 5.92. The van der Waals surface area contributed by atoms with Crippen LogP contribution in [0.1, 0.15) is 6.42 Å². The Morgan fingerprint density at radius 1 is 1.47 bits per heavy atom. The van der Waals surface area contributed by atoms with E-state index in [4.69, 9.17) is 5.26 Å². The summed E-state index contributed by atoms with van der Waals surface area (Å²) in [5.74, 6) is -3.57. The van der Waals surface area contributed by atoms with Crippen molar-refractivity contribution >= 4 is 17.3 Å². The third kappa shape index (κ3) is 2.94. The molecular weight excluding hydrogens is 236 g/mol. The lowest BCUT2D eigenvalue weighted by molar-refractivity contribution is -0.390. The van der Waals surface area contributed by atoms with Crippen LogP contribution in [0.4, 0.5) is 20.2 Å². The third-order valence-electron chi connectivity index (χ3n) is 1.72. The van der Waals surface area contributed by atoms with E-state index in [2.05, 4.69) is 0 Å². The van der Waals surface area contributed by atoms with Crippen LogP contribution in [0.15, 0.2) is 12.1 Å². The molecular formula is C9H5F2N3O3. The van der Waals surface area contributed by atoms with Crippen molar-refractivity contribution < 1.29 is 18.5 Å². The molecule has 0 unspecified atom stereocenters. The molecule has 1 N–H and O–H groups in total. The molecule has 0 spiro atoms. The molecule has 0 heterocycles. The summed E-state index contributed by atoms with van der Waals surface area (Å²) in [4.78, 5) is 20.0. The highest BCUT2D eigenvalue weighted by Crippen LogP contribution is 2.25. The Kier molecular flexibility index (Phi) is 3.66. The van der Waals surface area contributed by atoms with Gasteiger partial charge in [-0.05, 0) is 0 Å². The van der Waals surface area contributed by atoms with Gasteiger partial charge in [0.25, 0.3) is 0 Å². The number of rotatable bonds is 3. The molecule has 0 fully saturated rings. The van der Waals surface area contributed by atoms with Crippen LogP contribution < -0.4 is 5.32 Å². The van der Waals surface area contributed by atoms with Gasteiger partial charge >= 0.3 is 5.69 Å². The van der Waals surface area contributed by atoms with E-state index in [1.807, 2.05) is 5.32 Å². The number of nitriles is 1. The molecule has 17 heavy (non-hydrogen) atoms. The number of hydrogen-bond acceptors (Lipinski definition) is 4. The van der Waals surface area contributed by atoms with E-state index in [9.17, 15) is 23.7 Å². The zero-order valence-electron chi connectivity index (χ0n) is 8.24. The lowest BCUT2D eigenvalue weighted by Gasteiger charge is -2.03. The molecule has 88 valence electrons. The fourth-order valence-electron chi connectivity index (χ4n) is 1.09. The fourth-order valence-corrected chi connectivity index (χ4v) is 1.09.